The van der Waals surface area contributed by atoms with Crippen LogP contribution in [0, 0.1) is 0 Å². The molecule has 3 rings (SSSR count). The van der Waals surface area contributed by atoms with Crippen LogP contribution in [0.3, 0.4) is 0 Å². The Labute approximate surface area is 165 Å². The van der Waals surface area contributed by atoms with Gasteiger partial charge < -0.3 is 10.6 Å². The molecular formula is C21H24Cl2N2O. The molecule has 2 unspecified atom stereocenters. The molecule has 2 N–H and O–H groups in total. The van der Waals surface area contributed by atoms with Gasteiger partial charge in [0.05, 0.1) is 5.92 Å². The molecule has 2 atom stereocenters. The Morgan fingerprint density at radius 3 is 2.77 bits per heavy atom. The van der Waals surface area contributed by atoms with Crippen LogP contribution in [0.2, 0.25) is 10.0 Å². The van der Waals surface area contributed by atoms with E-state index >= 15 is 0 Å². The highest BCUT2D eigenvalue weighted by Crippen LogP contribution is 2.39. The highest BCUT2D eigenvalue weighted by atomic mass is 35.5. The van der Waals surface area contributed by atoms with Crippen molar-refractivity contribution >= 4 is 29.1 Å². The van der Waals surface area contributed by atoms with Gasteiger partial charge in [-0.25, -0.2) is 0 Å². The molecule has 1 heterocycles. The summed E-state index contributed by atoms with van der Waals surface area (Å²) >= 11 is 12.7. The molecule has 0 spiro atoms. The fourth-order valence-electron chi connectivity index (χ4n) is 3.88. The van der Waals surface area contributed by atoms with Gasteiger partial charge in [-0.1, -0.05) is 60.8 Å². The fourth-order valence-corrected chi connectivity index (χ4v) is 4.45. The van der Waals surface area contributed by atoms with Crippen molar-refractivity contribution in [2.24, 2.45) is 5.73 Å². The lowest BCUT2D eigenvalue weighted by molar-refractivity contribution is -0.119. The highest BCUT2D eigenvalue weighted by Gasteiger charge is 2.28. The number of halogens is 2. The molecule has 2 aromatic carbocycles. The van der Waals surface area contributed by atoms with Crippen LogP contribution in [0.15, 0.2) is 36.4 Å². The van der Waals surface area contributed by atoms with E-state index in [2.05, 4.69) is 31.0 Å². The lowest BCUT2D eigenvalue weighted by Gasteiger charge is -2.33. The Hall–Kier alpha value is -1.55. The van der Waals surface area contributed by atoms with Crippen LogP contribution in [0.5, 0.6) is 0 Å². The van der Waals surface area contributed by atoms with E-state index in [4.69, 9.17) is 28.9 Å². The SMILES string of the molecule is CCCC(C(N)=O)c1cccc(C2CN(C)Cc3c(Cl)cc(Cl)cc32)c1. The molecule has 26 heavy (non-hydrogen) atoms. The summed E-state index contributed by atoms with van der Waals surface area (Å²) in [5, 5.41) is 1.36. The standard InChI is InChI=1S/C21H24Cl2N2O/c1-3-5-16(21(24)26)13-6-4-7-14(8-13)18-11-25(2)12-19-17(18)9-15(22)10-20(19)23/h4,6-10,16,18H,3,5,11-12H2,1-2H3,(H2,24,26). The Kier molecular flexibility index (Phi) is 5.91. The number of nitrogens with zero attached hydrogens (tertiary/aromatic N) is 1. The first kappa shape index (κ1) is 19.2. The molecule has 138 valence electrons. The summed E-state index contributed by atoms with van der Waals surface area (Å²) in [6.07, 6.45) is 1.68. The molecule has 1 amide bonds. The molecule has 5 heteroatoms. The molecular weight excluding hydrogens is 367 g/mol. The lowest BCUT2D eigenvalue weighted by atomic mass is 9.82. The molecule has 0 saturated carbocycles. The van der Waals surface area contributed by atoms with Gasteiger partial charge in [0.1, 0.15) is 0 Å². The lowest BCUT2D eigenvalue weighted by Crippen LogP contribution is -2.31. The van der Waals surface area contributed by atoms with Crippen molar-refractivity contribution in [3.63, 3.8) is 0 Å². The third kappa shape index (κ3) is 3.90. The minimum atomic E-state index is -0.267. The van der Waals surface area contributed by atoms with Crippen LogP contribution in [-0.4, -0.2) is 24.4 Å². The van der Waals surface area contributed by atoms with Crippen LogP contribution >= 0.6 is 23.2 Å². The van der Waals surface area contributed by atoms with Crippen molar-refractivity contribution in [3.8, 4) is 0 Å². The van der Waals surface area contributed by atoms with Crippen molar-refractivity contribution < 1.29 is 4.79 Å². The normalized spacial score (nSPS) is 18.4. The minimum absolute atomic E-state index is 0.162. The smallest absolute Gasteiger partial charge is 0.224 e. The van der Waals surface area contributed by atoms with Crippen molar-refractivity contribution in [1.29, 1.82) is 0 Å². The zero-order valence-corrected chi connectivity index (χ0v) is 16.6. The summed E-state index contributed by atoms with van der Waals surface area (Å²) in [6.45, 7) is 3.75. The largest absolute Gasteiger partial charge is 0.369 e. The van der Waals surface area contributed by atoms with E-state index < -0.39 is 0 Å². The number of hydrogen-bond acceptors (Lipinski definition) is 2. The average molecular weight is 391 g/mol. The molecule has 2 aromatic rings. The molecule has 3 nitrogen and oxygen atoms in total. The molecule has 0 radical (unpaired) electrons. The van der Waals surface area contributed by atoms with Gasteiger partial charge in [-0.05, 0) is 47.9 Å². The number of hydrogen-bond donors (Lipinski definition) is 1. The van der Waals surface area contributed by atoms with E-state index in [9.17, 15) is 4.79 Å². The number of primary amides is 1. The van der Waals surface area contributed by atoms with Gasteiger partial charge >= 0.3 is 0 Å². The number of carbonyl (C=O) groups excluding carboxylic acids is 1. The maximum atomic E-state index is 11.9. The summed E-state index contributed by atoms with van der Waals surface area (Å²) in [6, 6.07) is 12.1. The third-order valence-electron chi connectivity index (χ3n) is 5.13. The van der Waals surface area contributed by atoms with Crippen molar-refractivity contribution in [1.82, 2.24) is 4.90 Å². The van der Waals surface area contributed by atoms with E-state index in [1.807, 2.05) is 18.2 Å². The van der Waals surface area contributed by atoms with Crippen LogP contribution in [0.1, 0.15) is 53.9 Å². The predicted octanol–water partition coefficient (Wildman–Crippen LogP) is 4.94. The maximum absolute atomic E-state index is 11.9. The van der Waals surface area contributed by atoms with Crippen LogP contribution in [-0.2, 0) is 11.3 Å². The number of fused-ring (bicyclic) bond motifs is 1. The van der Waals surface area contributed by atoms with E-state index in [1.54, 1.807) is 6.07 Å². The van der Waals surface area contributed by atoms with Crippen molar-refractivity contribution in [3.05, 3.63) is 68.7 Å². The molecule has 1 aliphatic heterocycles. The first-order valence-corrected chi connectivity index (χ1v) is 9.71. The summed E-state index contributed by atoms with van der Waals surface area (Å²) in [4.78, 5) is 14.2. The van der Waals surface area contributed by atoms with E-state index in [1.165, 1.54) is 5.56 Å². The van der Waals surface area contributed by atoms with E-state index in [0.717, 1.165) is 42.6 Å². The zero-order chi connectivity index (χ0) is 18.8. The van der Waals surface area contributed by atoms with Crippen molar-refractivity contribution in [2.75, 3.05) is 13.6 Å². The molecule has 0 saturated heterocycles. The monoisotopic (exact) mass is 390 g/mol. The van der Waals surface area contributed by atoms with Crippen LogP contribution in [0.25, 0.3) is 0 Å². The van der Waals surface area contributed by atoms with Gasteiger partial charge in [0.2, 0.25) is 5.91 Å². The second-order valence-electron chi connectivity index (χ2n) is 7.12. The number of amides is 1. The summed E-state index contributed by atoms with van der Waals surface area (Å²) in [5.41, 5.74) is 10.1. The topological polar surface area (TPSA) is 46.3 Å². The van der Waals surface area contributed by atoms with Crippen LogP contribution < -0.4 is 5.73 Å². The van der Waals surface area contributed by atoms with Gasteiger partial charge in [0, 0.05) is 29.1 Å². The third-order valence-corrected chi connectivity index (χ3v) is 5.68. The van der Waals surface area contributed by atoms with Gasteiger partial charge in [0.15, 0.2) is 0 Å². The summed E-state index contributed by atoms with van der Waals surface area (Å²) < 4.78 is 0. The first-order chi connectivity index (χ1) is 12.4. The van der Waals surface area contributed by atoms with Gasteiger partial charge in [-0.15, -0.1) is 0 Å². The van der Waals surface area contributed by atoms with Crippen LogP contribution in [0.4, 0.5) is 0 Å². The minimum Gasteiger partial charge on any atom is -0.369 e. The van der Waals surface area contributed by atoms with Gasteiger partial charge in [-0.2, -0.15) is 0 Å². The van der Waals surface area contributed by atoms with Gasteiger partial charge in [0.25, 0.3) is 0 Å². The van der Waals surface area contributed by atoms with Gasteiger partial charge in [-0.3, -0.25) is 4.79 Å². The maximum Gasteiger partial charge on any atom is 0.224 e. The molecule has 0 bridgehead atoms. The molecule has 0 fully saturated rings. The Morgan fingerprint density at radius 2 is 2.08 bits per heavy atom. The average Bonchev–Trinajstić information content (AvgIpc) is 2.59. The number of nitrogens with two attached hydrogens (primary N) is 1. The fraction of sp³-hybridized carbons (Fsp3) is 0.381. The Bertz CT molecular complexity index is 822. The number of benzene rings is 2. The van der Waals surface area contributed by atoms with E-state index in [-0.39, 0.29) is 17.7 Å². The second kappa shape index (κ2) is 7.99. The quantitative estimate of drug-likeness (QED) is 0.785. The summed E-state index contributed by atoms with van der Waals surface area (Å²) in [7, 11) is 2.09. The molecule has 0 aliphatic carbocycles. The highest BCUT2D eigenvalue weighted by molar-refractivity contribution is 6.35. The zero-order valence-electron chi connectivity index (χ0n) is 15.1. The Morgan fingerprint density at radius 1 is 1.31 bits per heavy atom. The second-order valence-corrected chi connectivity index (χ2v) is 7.96. The molecule has 0 aromatic heterocycles. The first-order valence-electron chi connectivity index (χ1n) is 8.96. The summed E-state index contributed by atoms with van der Waals surface area (Å²) in [5.74, 6) is -0.352. The molecule has 1 aliphatic rings. The number of likely N-dealkylation sites (N-methyl/N-ethyl adjacent to an activating group) is 1. The Balaban J connectivity index is 2.05. The predicted molar refractivity (Wildman–Crippen MR) is 108 cm³/mol. The van der Waals surface area contributed by atoms with Crippen molar-refractivity contribution in [2.45, 2.75) is 38.1 Å². The number of carbonyl (C=O) groups is 1. The number of rotatable bonds is 5. The van der Waals surface area contributed by atoms with E-state index in [0.29, 0.717) is 10.0 Å².